The molecule has 0 aromatic heterocycles. The number of ether oxygens (including phenoxy) is 1. The number of hydrogen-bond acceptors (Lipinski definition) is 4. The number of nitrogens with zero attached hydrogens (tertiary/aromatic N) is 1. The van der Waals surface area contributed by atoms with E-state index in [1.165, 1.54) is 0 Å². The van der Waals surface area contributed by atoms with Crippen LogP contribution in [0.1, 0.15) is 56.6 Å². The highest BCUT2D eigenvalue weighted by molar-refractivity contribution is 5.86. The van der Waals surface area contributed by atoms with Crippen molar-refractivity contribution in [2.45, 2.75) is 57.5 Å². The molecule has 7 nitrogen and oxygen atoms in total. The van der Waals surface area contributed by atoms with Crippen molar-refractivity contribution >= 4 is 18.0 Å². The van der Waals surface area contributed by atoms with E-state index >= 15 is 0 Å². The molecule has 1 aliphatic heterocycles. The number of alkyl carbamates (subject to hydrolysis) is 1. The summed E-state index contributed by atoms with van der Waals surface area (Å²) >= 11 is 0. The highest BCUT2D eigenvalue weighted by Crippen LogP contribution is 2.44. The second-order valence-electron chi connectivity index (χ2n) is 9.45. The smallest absolute Gasteiger partial charge is 0.407 e. The molecule has 1 aliphatic carbocycles. The number of carbonyl (C=O) groups is 3. The van der Waals surface area contributed by atoms with E-state index in [0.717, 1.165) is 35.1 Å². The van der Waals surface area contributed by atoms with Crippen LogP contribution >= 0.6 is 0 Å². The Bertz CT molecular complexity index is 1020. The fraction of sp³-hybridized carbons (Fsp3) is 0.444. The standard InChI is InChI=1S/C27H32N2O5/c1-17(2)25(26(32)29-15-7-8-18(29)13-14-24(30)31)28-27(33)34-16-23-21-11-5-3-9-19(21)20-10-4-6-12-22(20)23/h3-6,9-12,17-18,23,25H,7-8,13-16H2,1-2H3,(H,28,33)(H,30,31)/t18?,25-/m0/s1. The van der Waals surface area contributed by atoms with Crippen molar-refractivity contribution in [3.05, 3.63) is 59.7 Å². The van der Waals surface area contributed by atoms with Gasteiger partial charge in [-0.1, -0.05) is 62.4 Å². The molecule has 2 N–H and O–H groups in total. The number of carbonyl (C=O) groups excluding carboxylic acids is 2. The Balaban J connectivity index is 1.40. The molecule has 7 heteroatoms. The number of carboxylic acid groups (broad SMARTS) is 1. The molecule has 34 heavy (non-hydrogen) atoms. The van der Waals surface area contributed by atoms with E-state index in [2.05, 4.69) is 29.6 Å². The summed E-state index contributed by atoms with van der Waals surface area (Å²) in [5, 5.41) is 11.8. The molecule has 0 saturated carbocycles. The number of hydrogen-bond donors (Lipinski definition) is 2. The van der Waals surface area contributed by atoms with Crippen molar-refractivity contribution in [2.24, 2.45) is 5.92 Å². The molecule has 1 saturated heterocycles. The van der Waals surface area contributed by atoms with E-state index in [-0.39, 0.29) is 36.8 Å². The van der Waals surface area contributed by atoms with Gasteiger partial charge in [0, 0.05) is 24.9 Å². The second-order valence-corrected chi connectivity index (χ2v) is 9.45. The van der Waals surface area contributed by atoms with Crippen molar-refractivity contribution in [3.63, 3.8) is 0 Å². The van der Waals surface area contributed by atoms with Gasteiger partial charge in [0.15, 0.2) is 0 Å². The van der Waals surface area contributed by atoms with Gasteiger partial charge in [-0.05, 0) is 47.4 Å². The van der Waals surface area contributed by atoms with E-state index in [1.807, 2.05) is 38.1 Å². The van der Waals surface area contributed by atoms with Crippen LogP contribution in [0.25, 0.3) is 11.1 Å². The maximum Gasteiger partial charge on any atom is 0.407 e. The molecule has 2 aliphatic rings. The SMILES string of the molecule is CC(C)[C@H](NC(=O)OCC1c2ccccc2-c2ccccc21)C(=O)N1CCCC1CCC(=O)O. The number of carboxylic acids is 1. The van der Waals surface area contributed by atoms with Crippen molar-refractivity contribution in [3.8, 4) is 11.1 Å². The average molecular weight is 465 g/mol. The maximum absolute atomic E-state index is 13.3. The zero-order valence-corrected chi connectivity index (χ0v) is 19.7. The Labute approximate surface area is 200 Å². The third-order valence-electron chi connectivity index (χ3n) is 6.90. The van der Waals surface area contributed by atoms with Crippen molar-refractivity contribution in [2.75, 3.05) is 13.2 Å². The summed E-state index contributed by atoms with van der Waals surface area (Å²) < 4.78 is 5.64. The molecule has 2 atom stereocenters. The lowest BCUT2D eigenvalue weighted by Gasteiger charge is -2.31. The van der Waals surface area contributed by atoms with Crippen LogP contribution in [-0.2, 0) is 14.3 Å². The van der Waals surface area contributed by atoms with Crippen LogP contribution < -0.4 is 5.32 Å². The summed E-state index contributed by atoms with van der Waals surface area (Å²) in [6.45, 7) is 4.53. The minimum Gasteiger partial charge on any atom is -0.481 e. The Kier molecular flexibility index (Phi) is 7.20. The summed E-state index contributed by atoms with van der Waals surface area (Å²) in [7, 11) is 0. The summed E-state index contributed by atoms with van der Waals surface area (Å²) in [6, 6.07) is 15.5. The van der Waals surface area contributed by atoms with Crippen LogP contribution in [-0.4, -0.2) is 53.2 Å². The molecule has 2 aromatic carbocycles. The van der Waals surface area contributed by atoms with Gasteiger partial charge in [0.25, 0.3) is 0 Å². The van der Waals surface area contributed by atoms with Gasteiger partial charge >= 0.3 is 12.1 Å². The minimum atomic E-state index is -0.864. The highest BCUT2D eigenvalue weighted by atomic mass is 16.5. The van der Waals surface area contributed by atoms with Crippen LogP contribution in [0.3, 0.4) is 0 Å². The summed E-state index contributed by atoms with van der Waals surface area (Å²) in [4.78, 5) is 38.8. The summed E-state index contributed by atoms with van der Waals surface area (Å²) in [5.41, 5.74) is 4.57. The van der Waals surface area contributed by atoms with Gasteiger partial charge in [-0.2, -0.15) is 0 Å². The number of benzene rings is 2. The number of nitrogens with one attached hydrogen (secondary N) is 1. The molecule has 0 radical (unpaired) electrons. The third kappa shape index (κ3) is 4.93. The molecular formula is C27H32N2O5. The monoisotopic (exact) mass is 464 g/mol. The quantitative estimate of drug-likeness (QED) is 0.604. The first-order valence-electron chi connectivity index (χ1n) is 12.0. The second kappa shape index (κ2) is 10.3. The lowest BCUT2D eigenvalue weighted by molar-refractivity contribution is -0.139. The van der Waals surface area contributed by atoms with E-state index in [9.17, 15) is 14.4 Å². The molecule has 2 aromatic rings. The zero-order valence-electron chi connectivity index (χ0n) is 19.7. The van der Waals surface area contributed by atoms with Crippen molar-refractivity contribution < 1.29 is 24.2 Å². The zero-order chi connectivity index (χ0) is 24.2. The molecule has 1 heterocycles. The Morgan fingerprint density at radius 2 is 1.68 bits per heavy atom. The summed E-state index contributed by atoms with van der Waals surface area (Å²) in [6.07, 6.45) is 1.47. The van der Waals surface area contributed by atoms with Gasteiger partial charge in [0.2, 0.25) is 5.91 Å². The predicted molar refractivity (Wildman–Crippen MR) is 128 cm³/mol. The predicted octanol–water partition coefficient (Wildman–Crippen LogP) is 4.41. The van der Waals surface area contributed by atoms with Gasteiger partial charge in [0.1, 0.15) is 12.6 Å². The van der Waals surface area contributed by atoms with Gasteiger partial charge in [-0.3, -0.25) is 9.59 Å². The van der Waals surface area contributed by atoms with E-state index in [1.54, 1.807) is 4.90 Å². The third-order valence-corrected chi connectivity index (χ3v) is 6.90. The molecular weight excluding hydrogens is 432 g/mol. The summed E-state index contributed by atoms with van der Waals surface area (Å²) in [5.74, 6) is -1.22. The topological polar surface area (TPSA) is 95.9 Å². The van der Waals surface area contributed by atoms with Crippen LogP contribution in [0.2, 0.25) is 0 Å². The molecule has 0 bridgehead atoms. The number of fused-ring (bicyclic) bond motifs is 3. The lowest BCUT2D eigenvalue weighted by atomic mass is 9.98. The first-order chi connectivity index (χ1) is 16.4. The Morgan fingerprint density at radius 3 is 2.26 bits per heavy atom. The van der Waals surface area contributed by atoms with Crippen LogP contribution in [0, 0.1) is 5.92 Å². The first kappa shape index (κ1) is 23.8. The van der Waals surface area contributed by atoms with Gasteiger partial charge in [-0.25, -0.2) is 4.79 Å². The van der Waals surface area contributed by atoms with Gasteiger partial charge in [0.05, 0.1) is 0 Å². The maximum atomic E-state index is 13.3. The molecule has 0 spiro atoms. The average Bonchev–Trinajstić information content (AvgIpc) is 3.42. The molecule has 2 amide bonds. The van der Waals surface area contributed by atoms with Crippen LogP contribution in [0.4, 0.5) is 4.79 Å². The number of rotatable bonds is 8. The van der Waals surface area contributed by atoms with Crippen LogP contribution in [0.5, 0.6) is 0 Å². The lowest BCUT2D eigenvalue weighted by Crippen LogP contribution is -2.52. The Morgan fingerprint density at radius 1 is 1.06 bits per heavy atom. The fourth-order valence-electron chi connectivity index (χ4n) is 5.18. The molecule has 1 fully saturated rings. The molecule has 1 unspecified atom stereocenters. The van der Waals surface area contributed by atoms with Crippen LogP contribution in [0.15, 0.2) is 48.5 Å². The van der Waals surface area contributed by atoms with Gasteiger partial charge < -0.3 is 20.1 Å². The van der Waals surface area contributed by atoms with Crippen molar-refractivity contribution in [1.29, 1.82) is 0 Å². The molecule has 180 valence electrons. The molecule has 4 rings (SSSR count). The van der Waals surface area contributed by atoms with Gasteiger partial charge in [-0.15, -0.1) is 0 Å². The number of aliphatic carboxylic acids is 1. The highest BCUT2D eigenvalue weighted by Gasteiger charge is 2.36. The van der Waals surface area contributed by atoms with E-state index in [0.29, 0.717) is 13.0 Å². The minimum absolute atomic E-state index is 0.0284. The fourth-order valence-corrected chi connectivity index (χ4v) is 5.18. The Hall–Kier alpha value is -3.35. The number of amides is 2. The van der Waals surface area contributed by atoms with E-state index < -0.39 is 18.1 Å². The van der Waals surface area contributed by atoms with Crippen molar-refractivity contribution in [1.82, 2.24) is 10.2 Å². The first-order valence-corrected chi connectivity index (χ1v) is 12.0. The normalized spacial score (nSPS) is 17.9. The van der Waals surface area contributed by atoms with E-state index in [4.69, 9.17) is 9.84 Å². The largest absolute Gasteiger partial charge is 0.481 e. The number of likely N-dealkylation sites (tertiary alicyclic amines) is 1.